The minimum atomic E-state index is 0.480. The number of nitrogens with zero attached hydrogens (tertiary/aromatic N) is 3. The third-order valence-corrected chi connectivity index (χ3v) is 2.72. The Labute approximate surface area is 88.3 Å². The summed E-state index contributed by atoms with van der Waals surface area (Å²) < 4.78 is 0. The monoisotopic (exact) mass is 212 g/mol. The Morgan fingerprint density at radius 3 is 3.14 bits per heavy atom. The molecule has 2 heterocycles. The number of anilines is 1. The van der Waals surface area contributed by atoms with Crippen LogP contribution in [0.15, 0.2) is 12.3 Å². The summed E-state index contributed by atoms with van der Waals surface area (Å²) in [4.78, 5) is 10.4. The number of likely N-dealkylation sites (N-methyl/N-ethyl adjacent to an activating group) is 1. The topological polar surface area (TPSA) is 41.1 Å². The SMILES string of the molecule is CN(c1nccc(Cl)n1)[C@@H]1CCNC1. The second-order valence-corrected chi connectivity index (χ2v) is 3.82. The molecule has 14 heavy (non-hydrogen) atoms. The lowest BCUT2D eigenvalue weighted by Gasteiger charge is -2.23. The fourth-order valence-electron chi connectivity index (χ4n) is 1.63. The quantitative estimate of drug-likeness (QED) is 0.741. The van der Waals surface area contributed by atoms with Crippen LogP contribution in [-0.2, 0) is 0 Å². The molecule has 0 spiro atoms. The molecule has 1 aliphatic rings. The van der Waals surface area contributed by atoms with Crippen molar-refractivity contribution in [1.29, 1.82) is 0 Å². The van der Waals surface area contributed by atoms with Crippen molar-refractivity contribution in [2.75, 3.05) is 25.0 Å². The first-order chi connectivity index (χ1) is 6.77. The highest BCUT2D eigenvalue weighted by atomic mass is 35.5. The van der Waals surface area contributed by atoms with Gasteiger partial charge in [-0.2, -0.15) is 0 Å². The molecule has 0 aliphatic carbocycles. The second kappa shape index (κ2) is 4.11. The minimum Gasteiger partial charge on any atom is -0.340 e. The zero-order chi connectivity index (χ0) is 9.97. The lowest BCUT2D eigenvalue weighted by molar-refractivity contribution is 0.668. The predicted molar refractivity (Wildman–Crippen MR) is 56.7 cm³/mol. The molecule has 5 heteroatoms. The maximum atomic E-state index is 5.80. The Morgan fingerprint density at radius 1 is 1.64 bits per heavy atom. The van der Waals surface area contributed by atoms with Gasteiger partial charge in [-0.1, -0.05) is 11.6 Å². The fourth-order valence-corrected chi connectivity index (χ4v) is 1.76. The van der Waals surface area contributed by atoms with Crippen LogP contribution in [0.5, 0.6) is 0 Å². The van der Waals surface area contributed by atoms with Gasteiger partial charge in [0.1, 0.15) is 5.15 Å². The third-order valence-electron chi connectivity index (χ3n) is 2.51. The van der Waals surface area contributed by atoms with Crippen LogP contribution in [0, 0.1) is 0 Å². The highest BCUT2D eigenvalue weighted by Crippen LogP contribution is 2.15. The zero-order valence-electron chi connectivity index (χ0n) is 8.07. The molecule has 1 saturated heterocycles. The van der Waals surface area contributed by atoms with E-state index < -0.39 is 0 Å². The van der Waals surface area contributed by atoms with Crippen molar-refractivity contribution in [3.05, 3.63) is 17.4 Å². The molecule has 1 fully saturated rings. The van der Waals surface area contributed by atoms with Gasteiger partial charge >= 0.3 is 0 Å². The van der Waals surface area contributed by atoms with Gasteiger partial charge in [0.25, 0.3) is 0 Å². The fraction of sp³-hybridized carbons (Fsp3) is 0.556. The van der Waals surface area contributed by atoms with Gasteiger partial charge in [0.05, 0.1) is 0 Å². The summed E-state index contributed by atoms with van der Waals surface area (Å²) in [5, 5.41) is 3.80. The van der Waals surface area contributed by atoms with Crippen LogP contribution in [0.4, 0.5) is 5.95 Å². The maximum absolute atomic E-state index is 5.80. The molecule has 0 aromatic carbocycles. The number of hydrogen-bond acceptors (Lipinski definition) is 4. The Bertz CT molecular complexity index is 311. The molecule has 2 rings (SSSR count). The first kappa shape index (κ1) is 9.68. The first-order valence-corrected chi connectivity index (χ1v) is 5.07. The van der Waals surface area contributed by atoms with E-state index in [0.717, 1.165) is 19.5 Å². The molecule has 0 unspecified atom stereocenters. The van der Waals surface area contributed by atoms with Gasteiger partial charge in [0.2, 0.25) is 5.95 Å². The van der Waals surface area contributed by atoms with Crippen LogP contribution in [0.3, 0.4) is 0 Å². The molecule has 1 atom stereocenters. The van der Waals surface area contributed by atoms with Crippen LogP contribution in [0.2, 0.25) is 5.15 Å². The number of nitrogens with one attached hydrogen (secondary N) is 1. The number of halogens is 1. The Balaban J connectivity index is 2.13. The molecule has 0 bridgehead atoms. The lowest BCUT2D eigenvalue weighted by atomic mass is 10.2. The number of aromatic nitrogens is 2. The van der Waals surface area contributed by atoms with E-state index in [9.17, 15) is 0 Å². The summed E-state index contributed by atoms with van der Waals surface area (Å²) in [7, 11) is 2.00. The largest absolute Gasteiger partial charge is 0.340 e. The average Bonchev–Trinajstić information content (AvgIpc) is 2.69. The van der Waals surface area contributed by atoms with Crippen molar-refractivity contribution < 1.29 is 0 Å². The van der Waals surface area contributed by atoms with Crippen LogP contribution in [-0.4, -0.2) is 36.1 Å². The average molecular weight is 213 g/mol. The predicted octanol–water partition coefficient (Wildman–Crippen LogP) is 0.928. The van der Waals surface area contributed by atoms with E-state index in [1.807, 2.05) is 7.05 Å². The molecule has 0 saturated carbocycles. The first-order valence-electron chi connectivity index (χ1n) is 4.69. The van der Waals surface area contributed by atoms with Crippen molar-refractivity contribution in [2.45, 2.75) is 12.5 Å². The summed E-state index contributed by atoms with van der Waals surface area (Å²) in [6.45, 7) is 2.06. The summed E-state index contributed by atoms with van der Waals surface area (Å²) in [6.07, 6.45) is 2.82. The van der Waals surface area contributed by atoms with Gasteiger partial charge < -0.3 is 10.2 Å². The van der Waals surface area contributed by atoms with Gasteiger partial charge in [0, 0.05) is 25.8 Å². The molecular formula is C9H13ClN4. The molecule has 1 aromatic heterocycles. The van der Waals surface area contributed by atoms with E-state index in [1.165, 1.54) is 0 Å². The summed E-state index contributed by atoms with van der Waals surface area (Å²) in [5.74, 6) is 0.700. The van der Waals surface area contributed by atoms with Crippen molar-refractivity contribution >= 4 is 17.5 Å². The van der Waals surface area contributed by atoms with Gasteiger partial charge in [0.15, 0.2) is 0 Å². The summed E-state index contributed by atoms with van der Waals surface area (Å²) in [5.41, 5.74) is 0. The van der Waals surface area contributed by atoms with Crippen LogP contribution < -0.4 is 10.2 Å². The Kier molecular flexibility index (Phi) is 2.84. The van der Waals surface area contributed by atoms with Crippen molar-refractivity contribution in [1.82, 2.24) is 15.3 Å². The highest BCUT2D eigenvalue weighted by Gasteiger charge is 2.20. The lowest BCUT2D eigenvalue weighted by Crippen LogP contribution is -2.34. The molecule has 1 aliphatic heterocycles. The van der Waals surface area contributed by atoms with Crippen LogP contribution in [0.1, 0.15) is 6.42 Å². The van der Waals surface area contributed by atoms with Crippen molar-refractivity contribution in [3.63, 3.8) is 0 Å². The van der Waals surface area contributed by atoms with E-state index >= 15 is 0 Å². The van der Waals surface area contributed by atoms with Gasteiger partial charge in [-0.05, 0) is 19.0 Å². The summed E-state index contributed by atoms with van der Waals surface area (Å²) in [6, 6.07) is 2.17. The van der Waals surface area contributed by atoms with E-state index in [4.69, 9.17) is 11.6 Å². The van der Waals surface area contributed by atoms with Gasteiger partial charge in [-0.25, -0.2) is 9.97 Å². The normalized spacial score (nSPS) is 21.1. The third kappa shape index (κ3) is 1.96. The molecule has 0 amide bonds. The minimum absolute atomic E-state index is 0.480. The molecule has 76 valence electrons. The summed E-state index contributed by atoms with van der Waals surface area (Å²) >= 11 is 5.80. The van der Waals surface area contributed by atoms with Gasteiger partial charge in [-0.15, -0.1) is 0 Å². The zero-order valence-corrected chi connectivity index (χ0v) is 8.83. The van der Waals surface area contributed by atoms with Crippen LogP contribution >= 0.6 is 11.6 Å². The standard InChI is InChI=1S/C9H13ClN4/c1-14(7-2-4-11-6-7)9-12-5-3-8(10)13-9/h3,5,7,11H,2,4,6H2,1H3/t7-/m1/s1. The Morgan fingerprint density at radius 2 is 2.50 bits per heavy atom. The molecule has 0 radical (unpaired) electrons. The Hall–Kier alpha value is -0.870. The molecule has 1 N–H and O–H groups in total. The maximum Gasteiger partial charge on any atom is 0.226 e. The van der Waals surface area contributed by atoms with Crippen LogP contribution in [0.25, 0.3) is 0 Å². The van der Waals surface area contributed by atoms with Crippen molar-refractivity contribution in [3.8, 4) is 0 Å². The van der Waals surface area contributed by atoms with E-state index in [0.29, 0.717) is 17.1 Å². The molecule has 1 aromatic rings. The highest BCUT2D eigenvalue weighted by molar-refractivity contribution is 6.29. The van der Waals surface area contributed by atoms with E-state index in [2.05, 4.69) is 20.2 Å². The van der Waals surface area contributed by atoms with Gasteiger partial charge in [-0.3, -0.25) is 0 Å². The van der Waals surface area contributed by atoms with E-state index in [1.54, 1.807) is 12.3 Å². The van der Waals surface area contributed by atoms with Crippen molar-refractivity contribution in [2.24, 2.45) is 0 Å². The number of rotatable bonds is 2. The van der Waals surface area contributed by atoms with E-state index in [-0.39, 0.29) is 0 Å². The molecule has 4 nitrogen and oxygen atoms in total. The molecular weight excluding hydrogens is 200 g/mol. The smallest absolute Gasteiger partial charge is 0.226 e. The number of hydrogen-bond donors (Lipinski definition) is 1. The second-order valence-electron chi connectivity index (χ2n) is 3.44.